The topological polar surface area (TPSA) is 40.5 Å². The third-order valence-corrected chi connectivity index (χ3v) is 1.51. The first-order valence-electron chi connectivity index (χ1n) is 4.27. The molecule has 0 aliphatic rings. The molecule has 0 fully saturated rings. The molecule has 92 valence electrons. The van der Waals surface area contributed by atoms with E-state index in [1.807, 2.05) is 12.1 Å². The number of benzene rings is 2. The Balaban J connectivity index is -0.000000196. The molecule has 2 rings (SSSR count). The number of rotatable bonds is 0. The van der Waals surface area contributed by atoms with E-state index in [0.717, 1.165) is 0 Å². The zero-order valence-electron chi connectivity index (χ0n) is 8.92. The predicted octanol–water partition coefficient (Wildman–Crippen LogP) is -3.21. The van der Waals surface area contributed by atoms with Gasteiger partial charge in [-0.3, -0.25) is 0 Å². The maximum atomic E-state index is 8.63. The molecule has 0 bridgehead atoms. The van der Waals surface area contributed by atoms with Crippen LogP contribution in [0.4, 0.5) is 0 Å². The van der Waals surface area contributed by atoms with Crippen LogP contribution in [-0.4, -0.2) is 10.2 Å². The summed E-state index contributed by atoms with van der Waals surface area (Å²) >= 11 is 0. The van der Waals surface area contributed by atoms with E-state index in [0.29, 0.717) is 11.5 Å². The van der Waals surface area contributed by atoms with E-state index in [1.165, 1.54) is 0 Å². The van der Waals surface area contributed by atoms with Crippen molar-refractivity contribution in [1.82, 2.24) is 0 Å². The second-order valence-corrected chi connectivity index (χ2v) is 2.67. The second-order valence-electron chi connectivity index (χ2n) is 2.67. The number of aromatic hydroxyl groups is 2. The summed E-state index contributed by atoms with van der Waals surface area (Å²) in [5.74, 6) is 0.644. The first-order valence-corrected chi connectivity index (χ1v) is 4.27. The van der Waals surface area contributed by atoms with Crippen LogP contribution in [0.5, 0.6) is 11.5 Å². The fourth-order valence-electron chi connectivity index (χ4n) is 0.856. The van der Waals surface area contributed by atoms with Crippen molar-refractivity contribution >= 4 is 0 Å². The third kappa shape index (κ3) is 11.7. The maximum absolute atomic E-state index is 8.63. The van der Waals surface area contributed by atoms with Gasteiger partial charge in [-0.15, -0.1) is 0 Å². The van der Waals surface area contributed by atoms with E-state index in [9.17, 15) is 0 Å². The third-order valence-electron chi connectivity index (χ3n) is 1.51. The van der Waals surface area contributed by atoms with Gasteiger partial charge in [0.1, 0.15) is 11.5 Å². The summed E-state index contributed by atoms with van der Waals surface area (Å²) in [4.78, 5) is 0. The molecule has 2 aromatic carbocycles. The standard InChI is InChI=1S/2C6H6O.2ClH.Hf/c2*7-6-4-2-1-3-5-6;;;/h2*1-5,7H;2*1H;/p-2. The minimum absolute atomic E-state index is 0. The summed E-state index contributed by atoms with van der Waals surface area (Å²) in [7, 11) is 0. The van der Waals surface area contributed by atoms with Crippen LogP contribution in [0.15, 0.2) is 60.7 Å². The van der Waals surface area contributed by atoms with Gasteiger partial charge in [-0.05, 0) is 24.3 Å². The fourth-order valence-corrected chi connectivity index (χ4v) is 0.856. The van der Waals surface area contributed by atoms with Gasteiger partial charge < -0.3 is 35.0 Å². The van der Waals surface area contributed by atoms with Gasteiger partial charge in [-0.1, -0.05) is 36.4 Å². The Bertz CT molecular complexity index is 320. The molecule has 0 spiro atoms. The van der Waals surface area contributed by atoms with Gasteiger partial charge in [0.25, 0.3) is 0 Å². The Labute approximate surface area is 132 Å². The second kappa shape index (κ2) is 13.6. The molecule has 2 nitrogen and oxygen atoms in total. The van der Waals surface area contributed by atoms with Crippen molar-refractivity contribution in [2.24, 2.45) is 0 Å². The molecule has 0 atom stereocenters. The molecule has 0 heterocycles. The minimum atomic E-state index is 0. The molecule has 0 amide bonds. The van der Waals surface area contributed by atoms with Crippen molar-refractivity contribution in [3.05, 3.63) is 60.7 Å². The molecular formula is C12H12Cl2HfO2-2. The number of para-hydroxylation sites is 2. The van der Waals surface area contributed by atoms with Crippen LogP contribution in [0, 0.1) is 0 Å². The van der Waals surface area contributed by atoms with Crippen LogP contribution in [0.25, 0.3) is 0 Å². The summed E-state index contributed by atoms with van der Waals surface area (Å²) in [6, 6.07) is 17.4. The molecule has 0 aliphatic carbocycles. The van der Waals surface area contributed by atoms with Crippen molar-refractivity contribution in [1.29, 1.82) is 0 Å². The molecule has 0 saturated carbocycles. The Hall–Kier alpha value is -0.510. The van der Waals surface area contributed by atoms with Crippen LogP contribution in [-0.2, 0) is 25.8 Å². The molecule has 0 saturated heterocycles. The van der Waals surface area contributed by atoms with Gasteiger partial charge in [0.15, 0.2) is 0 Å². The van der Waals surface area contributed by atoms with Gasteiger partial charge in [0.2, 0.25) is 0 Å². The van der Waals surface area contributed by atoms with Crippen molar-refractivity contribution in [2.75, 3.05) is 0 Å². The molecule has 5 heteroatoms. The monoisotopic (exact) mass is 438 g/mol. The summed E-state index contributed by atoms with van der Waals surface area (Å²) in [5, 5.41) is 17.3. The Morgan fingerprint density at radius 2 is 0.765 bits per heavy atom. The number of hydrogen-bond donors (Lipinski definition) is 2. The Kier molecular flexibility index (Phi) is 17.3. The summed E-state index contributed by atoms with van der Waals surface area (Å²) in [6.45, 7) is 0. The first kappa shape index (κ1) is 21.7. The average Bonchev–Trinajstić information content (AvgIpc) is 2.21. The van der Waals surface area contributed by atoms with Gasteiger partial charge in [-0.2, -0.15) is 0 Å². The molecular weight excluding hydrogens is 426 g/mol. The SMILES string of the molecule is Oc1ccccc1.Oc1ccccc1.[Cl-].[Cl-].[Hf]. The van der Waals surface area contributed by atoms with E-state index in [2.05, 4.69) is 0 Å². The first-order chi connectivity index (χ1) is 6.79. The van der Waals surface area contributed by atoms with Gasteiger partial charge >= 0.3 is 0 Å². The number of phenolic OH excluding ortho intramolecular Hbond substituents is 2. The van der Waals surface area contributed by atoms with Crippen molar-refractivity contribution in [2.45, 2.75) is 0 Å². The Morgan fingerprint density at radius 3 is 0.882 bits per heavy atom. The molecule has 0 aromatic heterocycles. The molecule has 0 unspecified atom stereocenters. The van der Waals surface area contributed by atoms with E-state index < -0.39 is 0 Å². The van der Waals surface area contributed by atoms with Crippen molar-refractivity contribution < 1.29 is 60.9 Å². The van der Waals surface area contributed by atoms with Crippen LogP contribution >= 0.6 is 0 Å². The van der Waals surface area contributed by atoms with Crippen LogP contribution in [0.1, 0.15) is 0 Å². The van der Waals surface area contributed by atoms with E-state index in [1.54, 1.807) is 48.5 Å². The average molecular weight is 438 g/mol. The normalized spacial score (nSPS) is 7.06. The van der Waals surface area contributed by atoms with E-state index >= 15 is 0 Å². The zero-order chi connectivity index (χ0) is 10.2. The number of phenols is 2. The van der Waals surface area contributed by atoms with Gasteiger partial charge in [0.05, 0.1) is 0 Å². The predicted molar refractivity (Wildman–Crippen MR) is 56.2 cm³/mol. The fraction of sp³-hybridized carbons (Fsp3) is 0. The van der Waals surface area contributed by atoms with Crippen LogP contribution in [0.2, 0.25) is 0 Å². The number of halogens is 2. The molecule has 0 aliphatic heterocycles. The zero-order valence-corrected chi connectivity index (χ0v) is 14.0. The molecule has 17 heavy (non-hydrogen) atoms. The summed E-state index contributed by atoms with van der Waals surface area (Å²) in [5.41, 5.74) is 0. The van der Waals surface area contributed by atoms with Crippen molar-refractivity contribution in [3.63, 3.8) is 0 Å². The van der Waals surface area contributed by atoms with Crippen molar-refractivity contribution in [3.8, 4) is 11.5 Å². The van der Waals surface area contributed by atoms with Crippen LogP contribution < -0.4 is 24.8 Å². The summed E-state index contributed by atoms with van der Waals surface area (Å²) in [6.07, 6.45) is 0. The van der Waals surface area contributed by atoms with E-state index in [-0.39, 0.29) is 50.7 Å². The molecule has 2 N–H and O–H groups in total. The van der Waals surface area contributed by atoms with E-state index in [4.69, 9.17) is 10.2 Å². The maximum Gasteiger partial charge on any atom is 0.115 e. The van der Waals surface area contributed by atoms with Gasteiger partial charge in [-0.25, -0.2) is 0 Å². The molecule has 2 aromatic rings. The van der Waals surface area contributed by atoms with Gasteiger partial charge in [0, 0.05) is 25.8 Å². The summed E-state index contributed by atoms with van der Waals surface area (Å²) < 4.78 is 0. The number of hydrogen-bond acceptors (Lipinski definition) is 2. The van der Waals surface area contributed by atoms with Crippen LogP contribution in [0.3, 0.4) is 0 Å². The largest absolute Gasteiger partial charge is 1.00 e. The quantitative estimate of drug-likeness (QED) is 0.426. The minimum Gasteiger partial charge on any atom is -1.00 e. The Morgan fingerprint density at radius 1 is 0.529 bits per heavy atom. The molecule has 0 radical (unpaired) electrons. The smallest absolute Gasteiger partial charge is 0.115 e.